The Morgan fingerprint density at radius 3 is 1.29 bits per heavy atom. The molecule has 1 unspecified atom stereocenters. The second-order valence-electron chi connectivity index (χ2n) is 11.9. The molecule has 3 aliphatic heterocycles. The van der Waals surface area contributed by atoms with Crippen molar-refractivity contribution in [3.05, 3.63) is 156 Å². The highest BCUT2D eigenvalue weighted by Gasteiger charge is 2.26. The average Bonchev–Trinajstić information content (AvgIpc) is 3.98. The maximum Gasteiger partial charge on any atom is 0.162 e. The largest absolute Gasteiger partial charge is 0.488 e. The summed E-state index contributed by atoms with van der Waals surface area (Å²) in [7, 11) is 0. The normalized spacial score (nSPS) is 14.8. The quantitative estimate of drug-likeness (QED) is 0.189. The zero-order chi connectivity index (χ0) is 32.0. The van der Waals surface area contributed by atoms with Gasteiger partial charge < -0.3 is 14.7 Å². The monoisotopic (exact) mass is 636 g/mol. The van der Waals surface area contributed by atoms with Crippen LogP contribution < -0.4 is 0 Å². The number of aromatic nitrogens is 4. The van der Waals surface area contributed by atoms with Gasteiger partial charge in [0.25, 0.3) is 0 Å². The van der Waals surface area contributed by atoms with Crippen LogP contribution in [-0.4, -0.2) is 24.8 Å². The lowest BCUT2D eigenvalue weighted by Crippen LogP contribution is -2.07. The molecule has 0 radical (unpaired) electrons. The van der Waals surface area contributed by atoms with Crippen molar-refractivity contribution in [3.8, 4) is 33.4 Å². The number of nitrogens with one attached hydrogen (secondary N) is 2. The molecular formula is C42H28N4OS. The Labute approximate surface area is 282 Å². The molecule has 0 aliphatic carbocycles. The lowest BCUT2D eigenvalue weighted by atomic mass is 10.0. The molecule has 3 aromatic carbocycles. The number of nitrogens with zero attached hydrogens (tertiary/aromatic N) is 2. The number of ether oxygens (including phenoxy) is 1. The maximum atomic E-state index is 6.11. The molecule has 48 heavy (non-hydrogen) atoms. The molecule has 3 aromatic heterocycles. The lowest BCUT2D eigenvalue weighted by Gasteiger charge is -2.12. The zero-order valence-electron chi connectivity index (χ0n) is 25.7. The first-order valence-corrected chi connectivity index (χ1v) is 16.3. The molecule has 6 aromatic rings. The summed E-state index contributed by atoms with van der Waals surface area (Å²) in [4.78, 5) is 18.8. The van der Waals surface area contributed by atoms with Crippen molar-refractivity contribution in [3.63, 3.8) is 0 Å². The van der Waals surface area contributed by atoms with Crippen molar-refractivity contribution in [1.29, 1.82) is 0 Å². The summed E-state index contributed by atoms with van der Waals surface area (Å²) in [6.45, 7) is 0. The summed E-state index contributed by atoms with van der Waals surface area (Å²) in [5, 5.41) is 0. The predicted octanol–water partition coefficient (Wildman–Crippen LogP) is 10.6. The van der Waals surface area contributed by atoms with E-state index in [2.05, 4.69) is 131 Å². The van der Waals surface area contributed by atoms with Crippen LogP contribution in [0, 0.1) is 0 Å². The van der Waals surface area contributed by atoms with Gasteiger partial charge in [-0.05, 0) is 71.3 Å². The maximum absolute atomic E-state index is 6.11. The number of fused-ring (bicyclic) bond motifs is 8. The fraction of sp³-hybridized carbons (Fsp3) is 0.0238. The molecular weight excluding hydrogens is 609 g/mol. The molecule has 5 nitrogen and oxygen atoms in total. The van der Waals surface area contributed by atoms with Crippen LogP contribution >= 0.6 is 12.2 Å². The van der Waals surface area contributed by atoms with Crippen LogP contribution in [0.25, 0.3) is 79.8 Å². The minimum absolute atomic E-state index is 0.447. The minimum atomic E-state index is -0.447. The van der Waals surface area contributed by atoms with E-state index in [1.807, 2.05) is 24.3 Å². The molecule has 6 heterocycles. The summed E-state index contributed by atoms with van der Waals surface area (Å²) in [6, 6.07) is 39.7. The van der Waals surface area contributed by atoms with Crippen LogP contribution in [0.1, 0.15) is 34.4 Å². The second kappa shape index (κ2) is 11.6. The van der Waals surface area contributed by atoms with Gasteiger partial charge in [-0.15, -0.1) is 0 Å². The topological polar surface area (TPSA) is 66.6 Å². The third kappa shape index (κ3) is 4.82. The van der Waals surface area contributed by atoms with Crippen LogP contribution in [0.4, 0.5) is 0 Å². The van der Waals surface area contributed by atoms with Crippen molar-refractivity contribution in [1.82, 2.24) is 19.9 Å². The van der Waals surface area contributed by atoms with Gasteiger partial charge in [-0.1, -0.05) is 103 Å². The van der Waals surface area contributed by atoms with E-state index in [-0.39, 0.29) is 0 Å². The average molecular weight is 637 g/mol. The first-order valence-electron chi connectivity index (χ1n) is 15.9. The van der Waals surface area contributed by atoms with E-state index < -0.39 is 6.10 Å². The van der Waals surface area contributed by atoms with Crippen LogP contribution in [0.15, 0.2) is 128 Å². The molecule has 0 fully saturated rings. The van der Waals surface area contributed by atoms with Gasteiger partial charge in [0.2, 0.25) is 0 Å². The Bertz CT molecular complexity index is 2450. The van der Waals surface area contributed by atoms with Gasteiger partial charge >= 0.3 is 0 Å². The van der Waals surface area contributed by atoms with Crippen molar-refractivity contribution in [2.24, 2.45) is 0 Å². The smallest absolute Gasteiger partial charge is 0.162 e. The molecule has 9 rings (SSSR count). The fourth-order valence-electron chi connectivity index (χ4n) is 6.78. The number of thiocarbonyl (C=S) groups is 1. The van der Waals surface area contributed by atoms with Crippen LogP contribution in [0.5, 0.6) is 0 Å². The number of hydrogen-bond donors (Lipinski definition) is 2. The molecule has 3 aliphatic rings. The van der Waals surface area contributed by atoms with E-state index in [4.69, 9.17) is 26.9 Å². The number of H-pyrrole nitrogens is 2. The summed E-state index contributed by atoms with van der Waals surface area (Å²) in [5.41, 5.74) is 14.3. The molecule has 2 N–H and O–H groups in total. The van der Waals surface area contributed by atoms with E-state index in [0.717, 1.165) is 83.8 Å². The van der Waals surface area contributed by atoms with E-state index in [1.165, 1.54) is 0 Å². The van der Waals surface area contributed by atoms with Gasteiger partial charge in [0.05, 0.1) is 33.9 Å². The Morgan fingerprint density at radius 1 is 0.458 bits per heavy atom. The van der Waals surface area contributed by atoms with Crippen molar-refractivity contribution in [2.45, 2.75) is 6.10 Å². The van der Waals surface area contributed by atoms with E-state index in [9.17, 15) is 0 Å². The lowest BCUT2D eigenvalue weighted by molar-refractivity contribution is 0.222. The van der Waals surface area contributed by atoms with Crippen molar-refractivity contribution in [2.75, 3.05) is 0 Å². The summed E-state index contributed by atoms with van der Waals surface area (Å²) in [5.74, 6) is 0. The molecule has 1 atom stereocenters. The number of aromatic amines is 2. The summed E-state index contributed by atoms with van der Waals surface area (Å²) < 4.78 is 6.11. The number of benzene rings is 3. The molecule has 6 heteroatoms. The molecule has 0 saturated carbocycles. The van der Waals surface area contributed by atoms with Gasteiger partial charge in [0, 0.05) is 44.3 Å². The molecule has 0 saturated heterocycles. The third-order valence-electron chi connectivity index (χ3n) is 8.95. The standard InChI is InChI=1S/C42H28N4OS/c48-37-24-25-47-42(37)41-35-22-20-33(45-35)39(27-12-6-2-7-13-27)31-18-16-29(43-31)38(26-10-4-1-5-11-26)30-17-19-32(44-30)40(28-14-8-3-9-15-28)34-21-23-36(41)46-34/h1-25,42-43,46H. The van der Waals surface area contributed by atoms with Crippen molar-refractivity contribution < 1.29 is 4.74 Å². The van der Waals surface area contributed by atoms with Crippen LogP contribution in [0.3, 0.4) is 0 Å². The van der Waals surface area contributed by atoms with E-state index in [0.29, 0.717) is 4.86 Å². The van der Waals surface area contributed by atoms with Crippen LogP contribution in [0.2, 0.25) is 0 Å². The third-order valence-corrected chi connectivity index (χ3v) is 9.30. The predicted molar refractivity (Wildman–Crippen MR) is 201 cm³/mol. The Kier molecular flexibility index (Phi) is 6.80. The molecule has 8 bridgehead atoms. The van der Waals surface area contributed by atoms with Gasteiger partial charge in [0.1, 0.15) is 0 Å². The number of hydrogen-bond acceptors (Lipinski definition) is 4. The van der Waals surface area contributed by atoms with Gasteiger partial charge in [-0.3, -0.25) is 0 Å². The fourth-order valence-corrected chi connectivity index (χ4v) is 7.01. The summed E-state index contributed by atoms with van der Waals surface area (Å²) >= 11 is 5.79. The Morgan fingerprint density at radius 2 is 0.854 bits per heavy atom. The molecule has 228 valence electrons. The zero-order valence-corrected chi connectivity index (χ0v) is 26.5. The minimum Gasteiger partial charge on any atom is -0.488 e. The highest BCUT2D eigenvalue weighted by molar-refractivity contribution is 7.80. The van der Waals surface area contributed by atoms with Gasteiger partial charge in [-0.25, -0.2) is 9.97 Å². The van der Waals surface area contributed by atoms with Gasteiger partial charge in [0.15, 0.2) is 6.10 Å². The SMILES string of the molecule is S=C1C=COC1c1c2nc(c(-c3ccccc3)c3ccc([nH]3)c(-c3ccccc3)c3nc(c(-c4ccccc4)c4ccc1[nH]4)C=C3)C=C2. The second-order valence-corrected chi connectivity index (χ2v) is 12.3. The first kappa shape index (κ1) is 28.1. The first-order chi connectivity index (χ1) is 23.7. The van der Waals surface area contributed by atoms with E-state index in [1.54, 1.807) is 6.26 Å². The summed E-state index contributed by atoms with van der Waals surface area (Å²) in [6.07, 6.45) is 11.4. The Balaban J connectivity index is 1.47. The molecule has 0 spiro atoms. The van der Waals surface area contributed by atoms with Gasteiger partial charge in [-0.2, -0.15) is 0 Å². The van der Waals surface area contributed by atoms with Crippen molar-refractivity contribution >= 4 is 63.5 Å². The number of rotatable bonds is 4. The molecule has 0 amide bonds. The Hall–Kier alpha value is -6.11. The van der Waals surface area contributed by atoms with E-state index >= 15 is 0 Å². The van der Waals surface area contributed by atoms with Crippen LogP contribution in [-0.2, 0) is 4.74 Å². The highest BCUT2D eigenvalue weighted by atomic mass is 32.1. The highest BCUT2D eigenvalue weighted by Crippen LogP contribution is 2.38.